The SMILES string of the molecule is CCCOc1ccc([C@H]2Oc3c(Br)cc(Br)cc3[C@H]3CC(c4ccc(Cl)cc4)=NN32)cc1. The van der Waals surface area contributed by atoms with Crippen LogP contribution in [-0.2, 0) is 0 Å². The Morgan fingerprint density at radius 1 is 1.09 bits per heavy atom. The van der Waals surface area contributed by atoms with Gasteiger partial charge in [-0.15, -0.1) is 0 Å². The molecule has 2 aliphatic rings. The fraction of sp³-hybridized carbons (Fsp3) is 0.240. The summed E-state index contributed by atoms with van der Waals surface area (Å²) in [7, 11) is 0. The van der Waals surface area contributed by atoms with Gasteiger partial charge in [-0.25, -0.2) is 5.01 Å². The molecule has 0 aromatic heterocycles. The van der Waals surface area contributed by atoms with Crippen molar-refractivity contribution in [1.82, 2.24) is 5.01 Å². The Balaban J connectivity index is 1.54. The highest BCUT2D eigenvalue weighted by Crippen LogP contribution is 2.51. The van der Waals surface area contributed by atoms with Crippen molar-refractivity contribution in [3.63, 3.8) is 0 Å². The van der Waals surface area contributed by atoms with Crippen molar-refractivity contribution < 1.29 is 9.47 Å². The van der Waals surface area contributed by atoms with E-state index in [1.165, 1.54) is 0 Å². The van der Waals surface area contributed by atoms with Gasteiger partial charge in [0.1, 0.15) is 11.5 Å². The van der Waals surface area contributed by atoms with Crippen molar-refractivity contribution in [2.24, 2.45) is 5.10 Å². The summed E-state index contributed by atoms with van der Waals surface area (Å²) < 4.78 is 14.2. The molecule has 5 rings (SSSR count). The highest BCUT2D eigenvalue weighted by molar-refractivity contribution is 9.11. The van der Waals surface area contributed by atoms with Crippen molar-refractivity contribution in [3.8, 4) is 11.5 Å². The fourth-order valence-electron chi connectivity index (χ4n) is 4.10. The lowest BCUT2D eigenvalue weighted by atomic mass is 9.96. The minimum atomic E-state index is -0.338. The number of hydrazone groups is 1. The van der Waals surface area contributed by atoms with Crippen LogP contribution >= 0.6 is 43.5 Å². The zero-order chi connectivity index (χ0) is 22.2. The lowest BCUT2D eigenvalue weighted by molar-refractivity contribution is -0.0197. The van der Waals surface area contributed by atoms with Crippen LogP contribution < -0.4 is 9.47 Å². The average Bonchev–Trinajstić information content (AvgIpc) is 3.24. The average molecular weight is 577 g/mol. The van der Waals surface area contributed by atoms with Crippen LogP contribution in [0.2, 0.25) is 5.02 Å². The quantitative estimate of drug-likeness (QED) is 0.310. The van der Waals surface area contributed by atoms with E-state index in [0.29, 0.717) is 6.61 Å². The summed E-state index contributed by atoms with van der Waals surface area (Å²) in [6, 6.07) is 20.2. The van der Waals surface area contributed by atoms with Crippen LogP contribution in [0.1, 0.15) is 48.7 Å². The molecule has 3 aromatic rings. The van der Waals surface area contributed by atoms with Gasteiger partial charge >= 0.3 is 0 Å². The molecule has 2 heterocycles. The number of ether oxygens (including phenoxy) is 2. The zero-order valence-corrected chi connectivity index (χ0v) is 21.3. The Morgan fingerprint density at radius 2 is 1.84 bits per heavy atom. The maximum absolute atomic E-state index is 6.53. The molecule has 0 spiro atoms. The van der Waals surface area contributed by atoms with Gasteiger partial charge in [0.15, 0.2) is 0 Å². The van der Waals surface area contributed by atoms with Crippen molar-refractivity contribution in [2.45, 2.75) is 32.0 Å². The molecule has 0 fully saturated rings. The van der Waals surface area contributed by atoms with Gasteiger partial charge in [0.25, 0.3) is 0 Å². The standard InChI is InChI=1S/C25H21Br2ClN2O2/c1-2-11-31-19-9-5-16(6-10-19)25-30-23(20-12-17(26)13-21(27)24(20)32-25)14-22(29-30)15-3-7-18(28)8-4-15/h3-10,12-13,23,25H,2,11,14H2,1H3/t23-,25-/m1/s1. The van der Waals surface area contributed by atoms with E-state index in [0.717, 1.165) is 60.7 Å². The second kappa shape index (κ2) is 9.08. The lowest BCUT2D eigenvalue weighted by Gasteiger charge is -2.38. The predicted octanol–water partition coefficient (Wildman–Crippen LogP) is 7.90. The summed E-state index contributed by atoms with van der Waals surface area (Å²) in [5.74, 6) is 1.72. The summed E-state index contributed by atoms with van der Waals surface area (Å²) in [5.41, 5.74) is 4.23. The molecule has 0 saturated heterocycles. The molecule has 0 unspecified atom stereocenters. The van der Waals surface area contributed by atoms with E-state index in [2.05, 4.69) is 62.0 Å². The lowest BCUT2D eigenvalue weighted by Crippen LogP contribution is -2.33. The van der Waals surface area contributed by atoms with Crippen LogP contribution in [0.15, 0.2) is 74.7 Å². The van der Waals surface area contributed by atoms with E-state index in [9.17, 15) is 0 Å². The summed E-state index contributed by atoms with van der Waals surface area (Å²) in [6.45, 7) is 2.80. The minimum absolute atomic E-state index is 0.0687. The molecule has 3 aromatic carbocycles. The van der Waals surface area contributed by atoms with Gasteiger partial charge in [0.05, 0.1) is 22.8 Å². The van der Waals surface area contributed by atoms with Crippen LogP contribution in [0.25, 0.3) is 0 Å². The number of fused-ring (bicyclic) bond motifs is 3. The molecule has 4 nitrogen and oxygen atoms in total. The normalized spacial score (nSPS) is 19.1. The van der Waals surface area contributed by atoms with E-state index in [1.807, 2.05) is 42.5 Å². The van der Waals surface area contributed by atoms with Gasteiger partial charge in [-0.05, 0) is 76.4 Å². The van der Waals surface area contributed by atoms with Crippen LogP contribution in [0.5, 0.6) is 11.5 Å². The molecule has 0 aliphatic carbocycles. The highest BCUT2D eigenvalue weighted by atomic mass is 79.9. The van der Waals surface area contributed by atoms with Crippen molar-refractivity contribution in [2.75, 3.05) is 6.61 Å². The van der Waals surface area contributed by atoms with Crippen LogP contribution in [0.4, 0.5) is 0 Å². The third kappa shape index (κ3) is 4.16. The van der Waals surface area contributed by atoms with Gasteiger partial charge in [-0.3, -0.25) is 0 Å². The molecule has 2 atom stereocenters. The molecule has 164 valence electrons. The molecule has 32 heavy (non-hydrogen) atoms. The molecule has 0 N–H and O–H groups in total. The Kier molecular flexibility index (Phi) is 6.19. The van der Waals surface area contributed by atoms with Gasteiger partial charge in [-0.2, -0.15) is 5.10 Å². The molecule has 0 amide bonds. The number of rotatable bonds is 5. The molecular weight excluding hydrogens is 556 g/mol. The van der Waals surface area contributed by atoms with E-state index >= 15 is 0 Å². The van der Waals surface area contributed by atoms with E-state index in [1.54, 1.807) is 0 Å². The van der Waals surface area contributed by atoms with Gasteiger partial charge in [-0.1, -0.05) is 46.6 Å². The topological polar surface area (TPSA) is 34.1 Å². The van der Waals surface area contributed by atoms with E-state index in [-0.39, 0.29) is 12.3 Å². The molecule has 7 heteroatoms. The number of hydrogen-bond acceptors (Lipinski definition) is 4. The van der Waals surface area contributed by atoms with E-state index in [4.69, 9.17) is 26.2 Å². The largest absolute Gasteiger partial charge is 0.494 e. The van der Waals surface area contributed by atoms with Crippen LogP contribution in [-0.4, -0.2) is 17.3 Å². The van der Waals surface area contributed by atoms with E-state index < -0.39 is 0 Å². The zero-order valence-electron chi connectivity index (χ0n) is 17.4. The summed E-state index contributed by atoms with van der Waals surface area (Å²) in [4.78, 5) is 0. The van der Waals surface area contributed by atoms with Gasteiger partial charge < -0.3 is 9.47 Å². The first-order chi connectivity index (χ1) is 15.5. The summed E-state index contributed by atoms with van der Waals surface area (Å²) in [6.07, 6.45) is 1.43. The number of halogens is 3. The first kappa shape index (κ1) is 21.8. The number of hydrogen-bond donors (Lipinski definition) is 0. The second-order valence-corrected chi connectivity index (χ2v) is 10.1. The molecule has 0 bridgehead atoms. The Morgan fingerprint density at radius 3 is 2.56 bits per heavy atom. The third-order valence-electron chi connectivity index (χ3n) is 5.62. The summed E-state index contributed by atoms with van der Waals surface area (Å²) >= 11 is 13.4. The van der Waals surface area contributed by atoms with Crippen molar-refractivity contribution >= 4 is 49.2 Å². The Labute approximate surface area is 209 Å². The molecule has 0 saturated carbocycles. The third-order valence-corrected chi connectivity index (χ3v) is 6.92. The maximum atomic E-state index is 6.53. The molecular formula is C25H21Br2ClN2O2. The second-order valence-electron chi connectivity index (χ2n) is 7.85. The minimum Gasteiger partial charge on any atom is -0.494 e. The molecule has 0 radical (unpaired) electrons. The smallest absolute Gasteiger partial charge is 0.213 e. The monoisotopic (exact) mass is 574 g/mol. The number of benzene rings is 3. The number of nitrogens with zero attached hydrogens (tertiary/aromatic N) is 2. The Bertz CT molecular complexity index is 1170. The fourth-order valence-corrected chi connectivity index (χ4v) is 5.58. The first-order valence-electron chi connectivity index (χ1n) is 10.5. The van der Waals surface area contributed by atoms with Crippen molar-refractivity contribution in [1.29, 1.82) is 0 Å². The maximum Gasteiger partial charge on any atom is 0.213 e. The van der Waals surface area contributed by atoms with Crippen molar-refractivity contribution in [3.05, 3.63) is 91.3 Å². The van der Waals surface area contributed by atoms with Crippen LogP contribution in [0.3, 0.4) is 0 Å². The van der Waals surface area contributed by atoms with Crippen LogP contribution in [0, 0.1) is 0 Å². The van der Waals surface area contributed by atoms with Gasteiger partial charge in [0.2, 0.25) is 6.23 Å². The summed E-state index contributed by atoms with van der Waals surface area (Å²) in [5, 5.41) is 7.81. The molecule has 2 aliphatic heterocycles. The highest BCUT2D eigenvalue weighted by Gasteiger charge is 2.42. The Hall–Kier alpha value is -2.02. The first-order valence-corrected chi connectivity index (χ1v) is 12.5. The van der Waals surface area contributed by atoms with Gasteiger partial charge in [0, 0.05) is 27.0 Å². The predicted molar refractivity (Wildman–Crippen MR) is 135 cm³/mol.